The summed E-state index contributed by atoms with van der Waals surface area (Å²) in [6, 6.07) is 153. The third-order valence-corrected chi connectivity index (χ3v) is 27.5. The van der Waals surface area contributed by atoms with Gasteiger partial charge in [-0.15, -0.1) is 84.0 Å². The number of para-hydroxylation sites is 8. The van der Waals surface area contributed by atoms with Gasteiger partial charge >= 0.3 is 17.1 Å². The van der Waals surface area contributed by atoms with Crippen LogP contribution in [0.15, 0.2) is 503 Å². The van der Waals surface area contributed by atoms with Crippen LogP contribution in [0.1, 0.15) is 61.2 Å². The summed E-state index contributed by atoms with van der Waals surface area (Å²) in [6.45, 7) is 21.1. The normalized spacial score (nSPS) is 11.5. The number of allylic oxidation sites excluding steroid dienone is 4. The molecule has 0 saturated carbocycles. The van der Waals surface area contributed by atoms with Crippen molar-refractivity contribution in [1.29, 1.82) is 5.41 Å². The molecule has 2 atom stereocenters. The number of fused-ring (bicyclic) bond motifs is 4. The predicted molar refractivity (Wildman–Crippen MR) is 597 cm³/mol. The van der Waals surface area contributed by atoms with Gasteiger partial charge in [0.1, 0.15) is 41.7 Å². The second-order valence-corrected chi connectivity index (χ2v) is 37.6. The number of aliphatic hydroxyl groups excluding tert-OH is 1. The van der Waals surface area contributed by atoms with Crippen molar-refractivity contribution in [2.24, 2.45) is 10.9 Å². The molecule has 0 bridgehead atoms. The molecule has 0 aliphatic carbocycles. The molecule has 21 rings (SSSR count). The van der Waals surface area contributed by atoms with Crippen molar-refractivity contribution >= 4 is 137 Å². The molecule has 737 valence electrons. The van der Waals surface area contributed by atoms with Gasteiger partial charge in [0.15, 0.2) is 28.8 Å². The molecule has 0 saturated heterocycles. The Morgan fingerprint density at radius 3 is 1.67 bits per heavy atom. The minimum absolute atomic E-state index is 0. The molecular formula is C123H113BCu3N10O3P3Pt-3. The van der Waals surface area contributed by atoms with E-state index in [0.717, 1.165) is 84.2 Å². The second-order valence-electron chi connectivity index (χ2n) is 32.5. The van der Waals surface area contributed by atoms with Crippen LogP contribution in [-0.4, -0.2) is 45.4 Å². The number of imidazole rings is 1. The molecule has 21 heteroatoms. The number of hydrogen-bond donors (Lipinski definition) is 3. The molecule has 19 aromatic rings. The van der Waals surface area contributed by atoms with Crippen LogP contribution in [0.4, 0.5) is 22.7 Å². The summed E-state index contributed by atoms with van der Waals surface area (Å²) in [6.07, 6.45) is 14.2. The number of pyridine rings is 3. The predicted octanol–water partition coefficient (Wildman–Crippen LogP) is 26.7. The van der Waals surface area contributed by atoms with Crippen LogP contribution in [0, 0.1) is 38.2 Å². The first-order chi connectivity index (χ1) is 68.6. The number of carbonyl (C=O) groups is 1. The zero-order chi connectivity index (χ0) is 97.7. The summed E-state index contributed by atoms with van der Waals surface area (Å²) in [5.74, 6) is 4.63. The molecule has 2 aliphatic heterocycles. The van der Waals surface area contributed by atoms with E-state index < -0.39 is 7.92 Å². The molecule has 0 spiro atoms. The van der Waals surface area contributed by atoms with Crippen molar-refractivity contribution in [3.8, 4) is 22.6 Å². The van der Waals surface area contributed by atoms with Gasteiger partial charge in [-0.05, 0) is 138 Å². The van der Waals surface area contributed by atoms with Gasteiger partial charge in [0.05, 0.1) is 23.0 Å². The van der Waals surface area contributed by atoms with E-state index in [1.807, 2.05) is 206 Å². The van der Waals surface area contributed by atoms with Gasteiger partial charge in [0, 0.05) is 96.4 Å². The number of rotatable bonds is 18. The maximum atomic E-state index is 10.0. The fourth-order valence-corrected chi connectivity index (χ4v) is 19.8. The molecule has 0 fully saturated rings. The van der Waals surface area contributed by atoms with Gasteiger partial charge in [0.25, 0.3) is 12.9 Å². The van der Waals surface area contributed by atoms with E-state index in [0.29, 0.717) is 19.8 Å². The Bertz CT molecular complexity index is 7110. The number of aromatic nitrogens is 4. The summed E-state index contributed by atoms with van der Waals surface area (Å²) >= 11 is 0. The van der Waals surface area contributed by atoms with Crippen LogP contribution in [0.3, 0.4) is 0 Å². The fourth-order valence-electron chi connectivity index (χ4n) is 14.8. The van der Waals surface area contributed by atoms with E-state index >= 15 is 0 Å². The number of hydrogen-bond acceptors (Lipinski definition) is 6. The number of nitrogens with zero attached hydrogens (tertiary/aromatic N) is 7. The summed E-state index contributed by atoms with van der Waals surface area (Å²) in [5, 5.41) is 39.2. The molecule has 15 aromatic carbocycles. The standard InChI is InChI=1S/C30H24OP2.C17H20NP.C16H11N2.C14H12N.C13H11N4.C12H9.C10H11BN2.C6H6.C5H8O2.3Cu.Pt/c1-4-14-24(15-5-1)32-29-22-12-10-20-27(29)31-28-21-11-13-23-30(28)33(25-16-6-2-7-17-25)26-18-8-3-9-19-26;1-13(2)12-19-17-11-7-6-10-16(17)18-15-9-5-4-8-14(15)3;1-2-7-14-13(6-1)17-9-8-11-4-3-5-12-10-18(14)16(17)15(11)12;1-11-7-3-5-9-13(11)15-14-10-6-4-8-12(14)2;14-12(10-6-2-1-3-7-10)17-13(15)11-8-4-5-9-16-11;1-3-7-11(8-4-1)12-9-5-2-6-10-12;1-4-8-13-9-12-7-3-2-6-11-10(13)5-1;1-2-4-6-5-3-1;1-4(6)3-5(2)7;;;;/h1-23,32H;4-11,13,19H,3,12H2,1-2H3;1-9H,10H2;3-10H,1-2H2;1-9H,(H2-,14,15,17);1-9H;1-8,12H,9H2;1-6H;3,6H,1-2H3;;;;/q;-2;+1;-3;2*-1;+1;;;;;+1;/p+1/b;;;;;;6-2-,7-3-;;4-3-;;;;. The molecule has 2 aliphatic rings. The maximum absolute atomic E-state index is 10.0. The fraction of sp³-hybridized carbons (Fsp3) is 0.0650. The Labute approximate surface area is 900 Å². The minimum atomic E-state index is -1.22. The average Bonchev–Trinajstić information content (AvgIpc) is 1.55. The van der Waals surface area contributed by atoms with Crippen molar-refractivity contribution in [2.75, 3.05) is 6.16 Å². The van der Waals surface area contributed by atoms with Crippen molar-refractivity contribution in [3.63, 3.8) is 0 Å². The second kappa shape index (κ2) is 61.8. The average molecular weight is 2270 g/mol. The summed E-state index contributed by atoms with van der Waals surface area (Å²) in [4.78, 5) is 17.9. The van der Waals surface area contributed by atoms with Gasteiger partial charge in [-0.3, -0.25) is 26.8 Å². The van der Waals surface area contributed by atoms with E-state index in [1.54, 1.807) is 36.5 Å². The Balaban J connectivity index is 0.000000186. The van der Waals surface area contributed by atoms with E-state index in [9.17, 15) is 4.79 Å². The number of nitrogens with one attached hydrogen (secondary N) is 3. The Morgan fingerprint density at radius 1 is 0.576 bits per heavy atom. The molecule has 3 radical (unpaired) electrons. The van der Waals surface area contributed by atoms with Crippen molar-refractivity contribution in [1.82, 2.24) is 14.7 Å². The number of aliphatic imine (C=N–C) groups is 1. The number of amidine groups is 2. The van der Waals surface area contributed by atoms with Crippen molar-refractivity contribution in [3.05, 3.63) is 574 Å². The number of aliphatic hydroxyl groups is 1. The Morgan fingerprint density at radius 2 is 1.09 bits per heavy atom. The molecule has 144 heavy (non-hydrogen) atoms. The third kappa shape index (κ3) is 35.3. The Kier molecular flexibility index (Phi) is 48.8. The summed E-state index contributed by atoms with van der Waals surface area (Å²) in [7, 11) is 2.24. The van der Waals surface area contributed by atoms with Gasteiger partial charge in [-0.25, -0.2) is 42.0 Å². The van der Waals surface area contributed by atoms with E-state index in [4.69, 9.17) is 26.3 Å². The van der Waals surface area contributed by atoms with Crippen LogP contribution in [0.5, 0.6) is 11.5 Å². The number of benzene rings is 15. The van der Waals surface area contributed by atoms with E-state index in [1.165, 1.54) is 102 Å². The maximum Gasteiger partial charge on any atom is 1.00 e. The van der Waals surface area contributed by atoms with Gasteiger partial charge in [0.2, 0.25) is 6.67 Å². The van der Waals surface area contributed by atoms with E-state index in [-0.39, 0.29) is 95.5 Å². The molecular weight excluding hydrogens is 2150 g/mol. The van der Waals surface area contributed by atoms with Crippen LogP contribution >= 0.6 is 25.1 Å². The quantitative estimate of drug-likeness (QED) is 0.0113. The molecule has 2 unspecified atom stereocenters. The van der Waals surface area contributed by atoms with Gasteiger partial charge in [-0.2, -0.15) is 27.2 Å². The number of carbonyl (C=O) groups excluding carboxylic acids is 1. The first-order valence-corrected chi connectivity index (χ1v) is 49.9. The molecule has 13 nitrogen and oxygen atoms in total. The van der Waals surface area contributed by atoms with Crippen LogP contribution in [0.25, 0.3) is 54.9 Å². The smallest absolute Gasteiger partial charge is 0.774 e. The summed E-state index contributed by atoms with van der Waals surface area (Å²) in [5.41, 5.74) is 24.5. The largest absolute Gasteiger partial charge is 1.00 e. The topological polar surface area (TPSA) is 172 Å². The third-order valence-electron chi connectivity index (χ3n) is 21.5. The van der Waals surface area contributed by atoms with Crippen molar-refractivity contribution < 1.29 is 96.0 Å². The zero-order valence-corrected chi connectivity index (χ0v) is 88.4. The van der Waals surface area contributed by atoms with Gasteiger partial charge in [-0.1, -0.05) is 322 Å². The molecule has 6 heterocycles. The van der Waals surface area contributed by atoms with Crippen LogP contribution in [-0.2, 0) is 90.3 Å². The molecule has 4 aromatic heterocycles. The summed E-state index contributed by atoms with van der Waals surface area (Å²) < 4.78 is 13.6. The molecule has 0 amide bonds. The first-order valence-electron chi connectivity index (χ1n) is 46.2. The number of ether oxygens (including phenoxy) is 1. The number of ketones is 1. The van der Waals surface area contributed by atoms with Crippen molar-refractivity contribution in [2.45, 2.75) is 40.9 Å². The first kappa shape index (κ1) is 114. The van der Waals surface area contributed by atoms with Crippen LogP contribution in [0.2, 0.25) is 0 Å². The zero-order valence-electron chi connectivity index (χ0n) is 80.3. The van der Waals surface area contributed by atoms with Crippen LogP contribution < -0.4 is 56.6 Å². The van der Waals surface area contributed by atoms with Gasteiger partial charge < -0.3 is 41.9 Å². The Hall–Kier alpha value is -13.9. The SMILES string of the molecule is CC(=O)/C=C(/C)O.N=C(N=C([NH-])c1ccccn1)c1ccccc1.[B]1/C=C\C=C/NC[n+]2ccccc21.[CH2-]c1ccccc1[N-]c1ccccc1PCC(C)C.[CH2-]c1ccccc1[N-]c1ccccc1[CH2-].[Cu+].[Cu].[Cu].[Pt].[c-]1ccccc1-c1ccccc1.c1cc2c3c(c1)ccn1c4ccccc4[n+](c31)C2.c1ccc(Pc2ccccc2Oc2ccccc2[PH+](c2ccccc2)c2ccccc2)cc1.c1ccccc1. The van der Waals surface area contributed by atoms with E-state index in [2.05, 4.69) is 325 Å². The molecule has 4 N–H and O–H groups in total. The monoisotopic (exact) mass is 2270 g/mol. The minimum Gasteiger partial charge on any atom is -0.774 e.